The summed E-state index contributed by atoms with van der Waals surface area (Å²) in [6.45, 7) is 17.3. The highest BCUT2D eigenvalue weighted by molar-refractivity contribution is 5.96. The first-order chi connectivity index (χ1) is 29.7. The third kappa shape index (κ3) is 13.7. The number of likely N-dealkylation sites (tertiary alicyclic amines) is 1. The number of hydrogen-bond donors (Lipinski definition) is 2. The molecule has 1 aliphatic heterocycles. The molecule has 4 amide bonds. The molecule has 2 aromatic rings. The zero-order valence-corrected chi connectivity index (χ0v) is 40.2. The van der Waals surface area contributed by atoms with E-state index in [-0.39, 0.29) is 59.1 Å². The average Bonchev–Trinajstić information content (AvgIpc) is 3.73. The number of nitrogens with one attached hydrogen (secondary N) is 2. The van der Waals surface area contributed by atoms with Gasteiger partial charge in [0.1, 0.15) is 12.1 Å². The van der Waals surface area contributed by atoms with Gasteiger partial charge in [0.25, 0.3) is 0 Å². The van der Waals surface area contributed by atoms with Gasteiger partial charge >= 0.3 is 5.97 Å². The van der Waals surface area contributed by atoms with E-state index in [9.17, 15) is 28.8 Å². The van der Waals surface area contributed by atoms with E-state index >= 15 is 0 Å². The molecule has 63 heavy (non-hydrogen) atoms. The maximum absolute atomic E-state index is 14.4. The van der Waals surface area contributed by atoms with Crippen molar-refractivity contribution in [3.05, 3.63) is 71.3 Å². The molecule has 0 bridgehead atoms. The Morgan fingerprint density at radius 1 is 0.794 bits per heavy atom. The third-order valence-electron chi connectivity index (χ3n) is 12.7. The maximum Gasteiger partial charge on any atom is 0.338 e. The van der Waals surface area contributed by atoms with Crippen LogP contribution in [0.3, 0.4) is 0 Å². The molecule has 14 heteroatoms. The Balaban J connectivity index is 1.80. The van der Waals surface area contributed by atoms with E-state index in [1.54, 1.807) is 62.1 Å². The highest BCUT2D eigenvalue weighted by atomic mass is 16.5. The number of amides is 4. The first-order valence-corrected chi connectivity index (χ1v) is 22.5. The summed E-state index contributed by atoms with van der Waals surface area (Å²) in [6.07, 6.45) is -0.131. The Labute approximate surface area is 376 Å². The fourth-order valence-electron chi connectivity index (χ4n) is 8.97. The third-order valence-corrected chi connectivity index (χ3v) is 12.7. The second-order valence-corrected chi connectivity index (χ2v) is 18.1. The fraction of sp³-hybridized carbons (Fsp3) is 0.633. The zero-order chi connectivity index (χ0) is 47.3. The number of carbonyl (C=O) groups excluding carboxylic acids is 6. The number of nitrogens with zero attached hydrogens (tertiary/aromatic N) is 3. The Morgan fingerprint density at radius 3 is 1.90 bits per heavy atom. The maximum atomic E-state index is 14.4. The Bertz CT molecular complexity index is 1810. The van der Waals surface area contributed by atoms with Gasteiger partial charge in [0.05, 0.1) is 54.3 Å². The van der Waals surface area contributed by atoms with Crippen LogP contribution >= 0.6 is 0 Å². The molecule has 0 spiro atoms. The minimum absolute atomic E-state index is 0.00989. The lowest BCUT2D eigenvalue weighted by Gasteiger charge is -2.41. The minimum atomic E-state index is -0.843. The van der Waals surface area contributed by atoms with Crippen molar-refractivity contribution < 1.29 is 43.0 Å². The van der Waals surface area contributed by atoms with Crippen LogP contribution in [0.5, 0.6) is 0 Å². The van der Waals surface area contributed by atoms with E-state index in [4.69, 9.17) is 14.2 Å². The number of rotatable bonds is 23. The van der Waals surface area contributed by atoms with Gasteiger partial charge in [-0.1, -0.05) is 97.4 Å². The number of methoxy groups -OCH3 is 2. The predicted molar refractivity (Wildman–Crippen MR) is 244 cm³/mol. The van der Waals surface area contributed by atoms with Crippen molar-refractivity contribution in [3.63, 3.8) is 0 Å². The molecule has 2 N–H and O–H groups in total. The molecule has 350 valence electrons. The van der Waals surface area contributed by atoms with Gasteiger partial charge in [-0.3, -0.25) is 28.9 Å². The number of hydrogen-bond acceptors (Lipinski definition) is 10. The van der Waals surface area contributed by atoms with Crippen LogP contribution in [0.1, 0.15) is 120 Å². The van der Waals surface area contributed by atoms with Gasteiger partial charge < -0.3 is 34.6 Å². The van der Waals surface area contributed by atoms with Crippen molar-refractivity contribution in [2.75, 3.05) is 41.9 Å². The fourth-order valence-corrected chi connectivity index (χ4v) is 8.97. The van der Waals surface area contributed by atoms with Gasteiger partial charge in [-0.25, -0.2) is 4.79 Å². The van der Waals surface area contributed by atoms with Gasteiger partial charge in [0.15, 0.2) is 5.78 Å². The summed E-state index contributed by atoms with van der Waals surface area (Å²) in [6, 6.07) is 12.6. The van der Waals surface area contributed by atoms with Crippen LogP contribution in [0.4, 0.5) is 0 Å². The minimum Gasteiger partial charge on any atom is -0.452 e. The number of ether oxygens (including phenoxy) is 3. The number of Topliss-reactive ketones (excluding diaryl/α,β-unsaturated/α-hetero) is 1. The number of likely N-dealkylation sites (N-methyl/N-ethyl adjacent to an activating group) is 2. The molecule has 0 radical (unpaired) electrons. The molecule has 1 fully saturated rings. The van der Waals surface area contributed by atoms with E-state index in [1.807, 2.05) is 90.9 Å². The molecule has 1 heterocycles. The summed E-state index contributed by atoms with van der Waals surface area (Å²) in [5.74, 6) is -2.62. The Kier molecular flexibility index (Phi) is 20.4. The number of ketones is 1. The molecule has 1 saturated heterocycles. The zero-order valence-electron chi connectivity index (χ0n) is 40.2. The molecule has 3 rings (SSSR count). The molecule has 2 aromatic carbocycles. The molecule has 1 unspecified atom stereocenters. The van der Waals surface area contributed by atoms with Gasteiger partial charge in [-0.2, -0.15) is 0 Å². The lowest BCUT2D eigenvalue weighted by molar-refractivity contribution is -0.148. The molecule has 1 aliphatic rings. The summed E-state index contributed by atoms with van der Waals surface area (Å²) in [4.78, 5) is 86.7. The van der Waals surface area contributed by atoms with Crippen molar-refractivity contribution >= 4 is 35.4 Å². The normalized spacial score (nSPS) is 18.4. The first-order valence-electron chi connectivity index (χ1n) is 22.5. The van der Waals surface area contributed by atoms with Gasteiger partial charge in [0.2, 0.25) is 23.6 Å². The monoisotopic (exact) mass is 878 g/mol. The summed E-state index contributed by atoms with van der Waals surface area (Å²) in [7, 11) is 8.51. The lowest BCUT2D eigenvalue weighted by atomic mass is 9.89. The number of benzene rings is 2. The van der Waals surface area contributed by atoms with Gasteiger partial charge in [0, 0.05) is 33.4 Å². The largest absolute Gasteiger partial charge is 0.452 e. The van der Waals surface area contributed by atoms with Crippen molar-refractivity contribution in [2.45, 2.75) is 137 Å². The lowest BCUT2D eigenvalue weighted by Crippen LogP contribution is -2.59. The Hall–Kier alpha value is -4.66. The quantitative estimate of drug-likeness (QED) is 0.101. The van der Waals surface area contributed by atoms with Crippen LogP contribution in [0.2, 0.25) is 0 Å². The van der Waals surface area contributed by atoms with E-state index in [1.165, 1.54) is 14.0 Å². The molecular weight excluding hydrogens is 803 g/mol. The van der Waals surface area contributed by atoms with Crippen LogP contribution in [0.25, 0.3) is 0 Å². The Morgan fingerprint density at radius 2 is 1.40 bits per heavy atom. The summed E-state index contributed by atoms with van der Waals surface area (Å²) in [5.41, 5.74) is 1.43. The standard InChI is InChI=1S/C49H75N5O9/c1-15-31(6)43(53(12)48(59)41(29(2)3)51-47(58)42(30(4)5)52(10)11)39(61-13)28-40(56)54-27-19-22-38(54)44(62-14)32(7)46(57)50-33(8)45(36-20-17-16-18-21-36)63-49(60)37-25-23-35(24-26-37)34(9)55/h16-18,20-21,23-26,29-33,38-39,41-45H,15,19,22,27-28H2,1-14H3,(H,50,57)(H,51,58)/t31-,32?,33-,38+,39-,41+,42+,43+,44-,45-/m1/s1. The van der Waals surface area contributed by atoms with Crippen LogP contribution in [-0.4, -0.2) is 134 Å². The average molecular weight is 878 g/mol. The van der Waals surface area contributed by atoms with Crippen molar-refractivity contribution in [3.8, 4) is 0 Å². The highest BCUT2D eigenvalue weighted by Crippen LogP contribution is 2.31. The summed E-state index contributed by atoms with van der Waals surface area (Å²) in [5, 5.41) is 6.09. The SMILES string of the molecule is CC[C@@H](C)[C@@H]([C@@H](CC(=O)N1CCC[C@H]1[C@H](OC)C(C)C(=O)N[C@H](C)[C@@H](OC(=O)c1ccc(C(C)=O)cc1)c1ccccc1)OC)N(C)C(=O)[C@@H](NC(=O)[C@H](C(C)C)N(C)C)C(C)C. The smallest absolute Gasteiger partial charge is 0.338 e. The topological polar surface area (TPSA) is 164 Å². The number of esters is 1. The second-order valence-electron chi connectivity index (χ2n) is 18.1. The van der Waals surface area contributed by atoms with Crippen molar-refractivity contribution in [1.82, 2.24) is 25.3 Å². The molecule has 10 atom stereocenters. The predicted octanol–water partition coefficient (Wildman–Crippen LogP) is 5.94. The molecule has 14 nitrogen and oxygen atoms in total. The van der Waals surface area contributed by atoms with Crippen molar-refractivity contribution in [2.24, 2.45) is 23.7 Å². The summed E-state index contributed by atoms with van der Waals surface area (Å²) >= 11 is 0. The van der Waals surface area contributed by atoms with E-state index in [2.05, 4.69) is 10.6 Å². The van der Waals surface area contributed by atoms with Crippen LogP contribution < -0.4 is 10.6 Å². The molecule has 0 aliphatic carbocycles. The van der Waals surface area contributed by atoms with Crippen LogP contribution in [0.15, 0.2) is 54.6 Å². The van der Waals surface area contributed by atoms with Gasteiger partial charge in [-0.15, -0.1) is 0 Å². The van der Waals surface area contributed by atoms with Crippen molar-refractivity contribution in [1.29, 1.82) is 0 Å². The summed E-state index contributed by atoms with van der Waals surface area (Å²) < 4.78 is 18.1. The van der Waals surface area contributed by atoms with Crippen LogP contribution in [-0.2, 0) is 33.4 Å². The second kappa shape index (κ2) is 24.4. The molecular formula is C49H75N5O9. The molecule has 0 saturated carbocycles. The van der Waals surface area contributed by atoms with Gasteiger partial charge in [-0.05, 0) is 76.2 Å². The van der Waals surface area contributed by atoms with Crippen LogP contribution in [0, 0.1) is 23.7 Å². The van der Waals surface area contributed by atoms with E-state index in [0.717, 1.165) is 0 Å². The van der Waals surface area contributed by atoms with E-state index in [0.29, 0.717) is 36.9 Å². The highest BCUT2D eigenvalue weighted by Gasteiger charge is 2.43. The first kappa shape index (κ1) is 52.7. The van der Waals surface area contributed by atoms with E-state index < -0.39 is 60.4 Å². The molecule has 0 aromatic heterocycles. The number of carbonyl (C=O) groups is 6.